The summed E-state index contributed by atoms with van der Waals surface area (Å²) in [6, 6.07) is 7.38. The molecule has 0 aliphatic carbocycles. The van der Waals surface area contributed by atoms with Gasteiger partial charge in [-0.3, -0.25) is 4.79 Å². The van der Waals surface area contributed by atoms with E-state index in [1.165, 1.54) is 11.3 Å². The average molecular weight is 366 g/mol. The Kier molecular flexibility index (Phi) is 4.86. The highest BCUT2D eigenvalue weighted by molar-refractivity contribution is 7.91. The summed E-state index contributed by atoms with van der Waals surface area (Å²) in [5, 5.41) is 5.08. The molecule has 1 N–H and O–H groups in total. The van der Waals surface area contributed by atoms with E-state index in [1.54, 1.807) is 5.38 Å². The number of ether oxygens (including phenoxy) is 1. The van der Waals surface area contributed by atoms with Crippen molar-refractivity contribution in [1.29, 1.82) is 0 Å². The number of nitrogens with one attached hydrogen (secondary N) is 1. The summed E-state index contributed by atoms with van der Waals surface area (Å²) in [5.74, 6) is 0.546. The number of carbonyl (C=O) groups is 1. The number of carbonyl (C=O) groups excluding carboxylic acids is 1. The molecule has 1 amide bonds. The zero-order valence-electron chi connectivity index (χ0n) is 13.2. The quantitative estimate of drug-likeness (QED) is 0.874. The van der Waals surface area contributed by atoms with E-state index >= 15 is 0 Å². The predicted octanol–water partition coefficient (Wildman–Crippen LogP) is 1.95. The van der Waals surface area contributed by atoms with Crippen LogP contribution in [0.4, 0.5) is 0 Å². The fraction of sp³-hybridized carbons (Fsp3) is 0.375. The van der Waals surface area contributed by atoms with Gasteiger partial charge in [-0.05, 0) is 25.5 Å². The maximum atomic E-state index is 12.1. The van der Waals surface area contributed by atoms with E-state index in [1.807, 2.05) is 31.2 Å². The molecule has 0 bridgehead atoms. The van der Waals surface area contributed by atoms with Crippen molar-refractivity contribution in [2.45, 2.75) is 26.0 Å². The molecule has 0 spiro atoms. The fourth-order valence-corrected chi connectivity index (χ4v) is 4.79. The Hall–Kier alpha value is -1.93. The summed E-state index contributed by atoms with van der Waals surface area (Å²) < 4.78 is 28.5. The maximum absolute atomic E-state index is 12.1. The number of hydrogen-bond donors (Lipinski definition) is 1. The molecule has 3 rings (SSSR count). The standard InChI is InChI=1S/C16H18N2O4S2/c1-11-2-4-13(5-3-11)22-8-15-18-14(9-23-15)16(19)17-12-6-7-24(20,21)10-12/h2-5,9,12H,6-8,10H2,1H3,(H,17,19). The number of hydrogen-bond acceptors (Lipinski definition) is 6. The Morgan fingerprint density at radius 2 is 2.12 bits per heavy atom. The summed E-state index contributed by atoms with van der Waals surface area (Å²) in [6.07, 6.45) is 0.460. The Morgan fingerprint density at radius 3 is 2.79 bits per heavy atom. The molecular weight excluding hydrogens is 348 g/mol. The van der Waals surface area contributed by atoms with Crippen LogP contribution < -0.4 is 10.1 Å². The first-order valence-electron chi connectivity index (χ1n) is 7.56. The molecule has 1 atom stereocenters. The Labute approximate surface area is 144 Å². The zero-order valence-corrected chi connectivity index (χ0v) is 14.8. The van der Waals surface area contributed by atoms with Gasteiger partial charge in [0, 0.05) is 11.4 Å². The van der Waals surface area contributed by atoms with Gasteiger partial charge >= 0.3 is 0 Å². The molecule has 0 radical (unpaired) electrons. The van der Waals surface area contributed by atoms with Crippen molar-refractivity contribution >= 4 is 27.1 Å². The number of nitrogens with zero attached hydrogens (tertiary/aromatic N) is 1. The van der Waals surface area contributed by atoms with E-state index in [-0.39, 0.29) is 23.5 Å². The molecule has 1 saturated heterocycles. The van der Waals surface area contributed by atoms with Gasteiger partial charge in [0.25, 0.3) is 5.91 Å². The van der Waals surface area contributed by atoms with Crippen LogP contribution in [0.1, 0.15) is 27.5 Å². The van der Waals surface area contributed by atoms with Crippen molar-refractivity contribution in [3.8, 4) is 5.75 Å². The molecule has 128 valence electrons. The Morgan fingerprint density at radius 1 is 1.38 bits per heavy atom. The van der Waals surface area contributed by atoms with Gasteiger partial charge in [0.15, 0.2) is 9.84 Å². The van der Waals surface area contributed by atoms with E-state index in [0.717, 1.165) is 11.3 Å². The van der Waals surface area contributed by atoms with Crippen LogP contribution in [0.3, 0.4) is 0 Å². The first-order valence-corrected chi connectivity index (χ1v) is 10.3. The Bertz CT molecular complexity index is 828. The molecule has 1 aliphatic heterocycles. The minimum atomic E-state index is -3.01. The number of aromatic nitrogens is 1. The summed E-state index contributed by atoms with van der Waals surface area (Å²) in [5.41, 5.74) is 1.45. The van der Waals surface area contributed by atoms with Crippen molar-refractivity contribution in [3.05, 3.63) is 45.9 Å². The van der Waals surface area contributed by atoms with Crippen LogP contribution in [0.2, 0.25) is 0 Å². The van der Waals surface area contributed by atoms with E-state index < -0.39 is 9.84 Å². The van der Waals surface area contributed by atoms with Gasteiger partial charge in [-0.2, -0.15) is 0 Å². The molecular formula is C16H18N2O4S2. The number of benzene rings is 1. The SMILES string of the molecule is Cc1ccc(OCc2nc(C(=O)NC3CCS(=O)(=O)C3)cs2)cc1. The molecule has 2 aromatic rings. The van der Waals surface area contributed by atoms with Crippen LogP contribution in [-0.4, -0.2) is 36.9 Å². The first-order chi connectivity index (χ1) is 11.4. The molecule has 1 fully saturated rings. The number of sulfone groups is 1. The van der Waals surface area contributed by atoms with Gasteiger partial charge in [-0.1, -0.05) is 17.7 Å². The van der Waals surface area contributed by atoms with Gasteiger partial charge in [-0.25, -0.2) is 13.4 Å². The summed E-state index contributed by atoms with van der Waals surface area (Å²) in [7, 11) is -3.01. The van der Waals surface area contributed by atoms with Crippen molar-refractivity contribution in [1.82, 2.24) is 10.3 Å². The lowest BCUT2D eigenvalue weighted by molar-refractivity contribution is 0.0936. The fourth-order valence-electron chi connectivity index (χ4n) is 2.43. The second-order valence-electron chi connectivity index (χ2n) is 5.80. The number of aryl methyl sites for hydroxylation is 1. The van der Waals surface area contributed by atoms with E-state index in [9.17, 15) is 13.2 Å². The number of amides is 1. The van der Waals surface area contributed by atoms with Crippen LogP contribution in [0.5, 0.6) is 5.75 Å². The second kappa shape index (κ2) is 6.90. The molecule has 1 aliphatic rings. The molecule has 8 heteroatoms. The number of rotatable bonds is 5. The van der Waals surface area contributed by atoms with Gasteiger partial charge < -0.3 is 10.1 Å². The van der Waals surface area contributed by atoms with Gasteiger partial charge in [-0.15, -0.1) is 11.3 Å². The zero-order chi connectivity index (χ0) is 17.2. The second-order valence-corrected chi connectivity index (χ2v) is 8.97. The third-order valence-electron chi connectivity index (χ3n) is 3.74. The monoisotopic (exact) mass is 366 g/mol. The normalized spacial score (nSPS) is 19.1. The van der Waals surface area contributed by atoms with Crippen LogP contribution in [0, 0.1) is 6.92 Å². The summed E-state index contributed by atoms with van der Waals surface area (Å²) in [4.78, 5) is 16.4. The molecule has 1 unspecified atom stereocenters. The average Bonchev–Trinajstić information content (AvgIpc) is 3.13. The molecule has 1 aromatic heterocycles. The largest absolute Gasteiger partial charge is 0.486 e. The van der Waals surface area contributed by atoms with Crippen LogP contribution in [0.25, 0.3) is 0 Å². The van der Waals surface area contributed by atoms with Crippen LogP contribution in [-0.2, 0) is 16.4 Å². The van der Waals surface area contributed by atoms with Crippen LogP contribution >= 0.6 is 11.3 Å². The lowest BCUT2D eigenvalue weighted by Gasteiger charge is -2.08. The van der Waals surface area contributed by atoms with E-state index in [2.05, 4.69) is 10.3 Å². The third kappa shape index (κ3) is 4.33. The van der Waals surface area contributed by atoms with Crippen molar-refractivity contribution < 1.29 is 17.9 Å². The lowest BCUT2D eigenvalue weighted by Crippen LogP contribution is -2.35. The molecule has 6 nitrogen and oxygen atoms in total. The first kappa shape index (κ1) is 16.9. The highest BCUT2D eigenvalue weighted by Crippen LogP contribution is 2.17. The van der Waals surface area contributed by atoms with Crippen molar-refractivity contribution in [2.75, 3.05) is 11.5 Å². The van der Waals surface area contributed by atoms with Gasteiger partial charge in [0.2, 0.25) is 0 Å². The minimum Gasteiger partial charge on any atom is -0.486 e. The summed E-state index contributed by atoms with van der Waals surface area (Å²) in [6.45, 7) is 2.30. The minimum absolute atomic E-state index is 0.00622. The topological polar surface area (TPSA) is 85.4 Å². The predicted molar refractivity (Wildman–Crippen MR) is 92.2 cm³/mol. The van der Waals surface area contributed by atoms with Gasteiger partial charge in [0.05, 0.1) is 11.5 Å². The van der Waals surface area contributed by atoms with Crippen molar-refractivity contribution in [3.63, 3.8) is 0 Å². The smallest absolute Gasteiger partial charge is 0.271 e. The lowest BCUT2D eigenvalue weighted by atomic mass is 10.2. The van der Waals surface area contributed by atoms with Crippen LogP contribution in [0.15, 0.2) is 29.6 Å². The molecule has 2 heterocycles. The number of thiazole rings is 1. The Balaban J connectivity index is 1.55. The molecule has 0 saturated carbocycles. The highest BCUT2D eigenvalue weighted by atomic mass is 32.2. The van der Waals surface area contributed by atoms with E-state index in [4.69, 9.17) is 4.74 Å². The maximum Gasteiger partial charge on any atom is 0.271 e. The highest BCUT2D eigenvalue weighted by Gasteiger charge is 2.29. The summed E-state index contributed by atoms with van der Waals surface area (Å²) >= 11 is 1.34. The van der Waals surface area contributed by atoms with E-state index in [0.29, 0.717) is 23.7 Å². The third-order valence-corrected chi connectivity index (χ3v) is 6.33. The molecule has 1 aromatic carbocycles. The van der Waals surface area contributed by atoms with Crippen molar-refractivity contribution in [2.24, 2.45) is 0 Å². The molecule has 24 heavy (non-hydrogen) atoms. The van der Waals surface area contributed by atoms with Gasteiger partial charge in [0.1, 0.15) is 23.1 Å².